The number of hydrogen-bond donors (Lipinski definition) is 0. The van der Waals surface area contributed by atoms with Crippen LogP contribution in [0.25, 0.3) is 0 Å². The molecule has 1 aliphatic heterocycles. The molecule has 0 N–H and O–H groups in total. The number of halogens is 3. The number of non-ortho nitro benzene ring substituents is 1. The molecular formula is C12H13F3N2O4S. The van der Waals surface area contributed by atoms with Crippen LogP contribution in [-0.2, 0) is 10.0 Å². The quantitative estimate of drug-likeness (QED) is 0.626. The lowest BCUT2D eigenvalue weighted by Crippen LogP contribution is -2.44. The highest BCUT2D eigenvalue weighted by molar-refractivity contribution is 7.89. The molecule has 0 amide bonds. The zero-order chi connectivity index (χ0) is 16.5. The van der Waals surface area contributed by atoms with E-state index in [-0.39, 0.29) is 30.0 Å². The van der Waals surface area contributed by atoms with Gasteiger partial charge < -0.3 is 0 Å². The second kappa shape index (κ2) is 5.84. The van der Waals surface area contributed by atoms with Crippen molar-refractivity contribution in [3.05, 3.63) is 34.4 Å². The van der Waals surface area contributed by atoms with Crippen LogP contribution in [0, 0.1) is 16.0 Å². The van der Waals surface area contributed by atoms with E-state index in [0.29, 0.717) is 0 Å². The maximum atomic E-state index is 12.8. The molecule has 1 aromatic rings. The third-order valence-corrected chi connectivity index (χ3v) is 5.41. The second-order valence-corrected chi connectivity index (χ2v) is 6.93. The van der Waals surface area contributed by atoms with Gasteiger partial charge in [-0.25, -0.2) is 8.42 Å². The van der Waals surface area contributed by atoms with Gasteiger partial charge in [0, 0.05) is 25.2 Å². The third kappa shape index (κ3) is 3.38. The molecule has 1 saturated heterocycles. The molecule has 1 fully saturated rings. The maximum absolute atomic E-state index is 12.8. The molecule has 0 bridgehead atoms. The minimum Gasteiger partial charge on any atom is -0.258 e. The second-order valence-electron chi connectivity index (χ2n) is 4.99. The van der Waals surface area contributed by atoms with Gasteiger partial charge in [0.15, 0.2) is 0 Å². The van der Waals surface area contributed by atoms with Crippen LogP contribution in [0.5, 0.6) is 0 Å². The molecule has 0 radical (unpaired) electrons. The molecule has 1 aromatic carbocycles. The van der Waals surface area contributed by atoms with Crippen molar-refractivity contribution in [1.29, 1.82) is 0 Å². The Hall–Kier alpha value is -1.68. The molecule has 1 heterocycles. The van der Waals surface area contributed by atoms with Crippen molar-refractivity contribution in [3.8, 4) is 0 Å². The first-order chi connectivity index (χ1) is 10.1. The highest BCUT2D eigenvalue weighted by atomic mass is 32.2. The molecule has 22 heavy (non-hydrogen) atoms. The van der Waals surface area contributed by atoms with Gasteiger partial charge in [-0.3, -0.25) is 10.1 Å². The molecule has 10 heteroatoms. The molecule has 2 rings (SSSR count). The number of hydrogen-bond acceptors (Lipinski definition) is 4. The van der Waals surface area contributed by atoms with Gasteiger partial charge in [0.05, 0.1) is 15.7 Å². The Balaban J connectivity index is 2.24. The summed E-state index contributed by atoms with van der Waals surface area (Å²) in [5.41, 5.74) is -0.286. The Morgan fingerprint density at radius 1 is 1.23 bits per heavy atom. The summed E-state index contributed by atoms with van der Waals surface area (Å²) >= 11 is 0. The van der Waals surface area contributed by atoms with E-state index in [1.807, 2.05) is 0 Å². The Labute approximate surface area is 124 Å². The van der Waals surface area contributed by atoms with E-state index in [4.69, 9.17) is 0 Å². The number of sulfonamides is 1. The summed E-state index contributed by atoms with van der Waals surface area (Å²) in [5, 5.41) is 10.5. The molecule has 0 spiro atoms. The van der Waals surface area contributed by atoms with Gasteiger partial charge in [0.2, 0.25) is 10.0 Å². The standard InChI is InChI=1S/C12H13F3N2O4S/c13-12(14,15)9-2-1-7-16(8-9)22(20,21)11-5-3-10(4-6-11)17(18)19/h3-6,9H,1-2,7-8H2/t9-/m1/s1. The number of nitro benzene ring substituents is 1. The van der Waals surface area contributed by atoms with Crippen molar-refractivity contribution in [2.75, 3.05) is 13.1 Å². The molecule has 1 aliphatic rings. The molecular weight excluding hydrogens is 325 g/mol. The highest BCUT2D eigenvalue weighted by Crippen LogP contribution is 2.35. The summed E-state index contributed by atoms with van der Waals surface area (Å²) in [5.74, 6) is -1.69. The van der Waals surface area contributed by atoms with Gasteiger partial charge in [0.25, 0.3) is 5.69 Å². The Morgan fingerprint density at radius 3 is 2.32 bits per heavy atom. The summed E-state index contributed by atoms with van der Waals surface area (Å²) in [6, 6.07) is 4.09. The summed E-state index contributed by atoms with van der Waals surface area (Å²) in [7, 11) is -4.09. The third-order valence-electron chi connectivity index (χ3n) is 3.53. The normalized spacial score (nSPS) is 20.8. The highest BCUT2D eigenvalue weighted by Gasteiger charge is 2.44. The molecule has 0 aromatic heterocycles. The fraction of sp³-hybridized carbons (Fsp3) is 0.500. The molecule has 0 unspecified atom stereocenters. The van der Waals surface area contributed by atoms with E-state index in [0.717, 1.165) is 28.6 Å². The summed E-state index contributed by atoms with van der Waals surface area (Å²) in [4.78, 5) is 9.60. The first-order valence-electron chi connectivity index (χ1n) is 6.43. The summed E-state index contributed by atoms with van der Waals surface area (Å²) in [6.45, 7) is -0.616. The van der Waals surface area contributed by atoms with E-state index >= 15 is 0 Å². The van der Waals surface area contributed by atoms with Crippen molar-refractivity contribution in [3.63, 3.8) is 0 Å². The largest absolute Gasteiger partial charge is 0.393 e. The maximum Gasteiger partial charge on any atom is 0.393 e. The summed E-state index contributed by atoms with van der Waals surface area (Å²) < 4.78 is 63.7. The lowest BCUT2D eigenvalue weighted by Gasteiger charge is -2.32. The number of alkyl halides is 3. The van der Waals surface area contributed by atoms with Crippen LogP contribution in [0.15, 0.2) is 29.2 Å². The molecule has 122 valence electrons. The Kier molecular flexibility index (Phi) is 4.43. The van der Waals surface area contributed by atoms with Crippen LogP contribution in [0.1, 0.15) is 12.8 Å². The van der Waals surface area contributed by atoms with E-state index in [2.05, 4.69) is 0 Å². The zero-order valence-corrected chi connectivity index (χ0v) is 12.1. The molecule has 1 atom stereocenters. The fourth-order valence-electron chi connectivity index (χ4n) is 2.32. The SMILES string of the molecule is O=[N+]([O-])c1ccc(S(=O)(=O)N2CCC[C@@H](C(F)(F)F)C2)cc1. The van der Waals surface area contributed by atoms with Crippen LogP contribution in [0.3, 0.4) is 0 Å². The predicted octanol–water partition coefficient (Wildman–Crippen LogP) is 2.56. The van der Waals surface area contributed by atoms with Gasteiger partial charge >= 0.3 is 6.18 Å². The van der Waals surface area contributed by atoms with Gasteiger partial charge in [0.1, 0.15) is 0 Å². The summed E-state index contributed by atoms with van der Waals surface area (Å²) in [6.07, 6.45) is -4.42. The molecule has 0 aliphatic carbocycles. The van der Waals surface area contributed by atoms with Gasteiger partial charge in [-0.15, -0.1) is 0 Å². The first-order valence-corrected chi connectivity index (χ1v) is 7.87. The molecule has 6 nitrogen and oxygen atoms in total. The van der Waals surface area contributed by atoms with E-state index < -0.39 is 33.6 Å². The van der Waals surface area contributed by atoms with E-state index in [1.165, 1.54) is 0 Å². The van der Waals surface area contributed by atoms with Crippen molar-refractivity contribution in [2.45, 2.75) is 23.9 Å². The van der Waals surface area contributed by atoms with Crippen LogP contribution in [0.2, 0.25) is 0 Å². The lowest BCUT2D eigenvalue weighted by atomic mass is 9.99. The first kappa shape index (κ1) is 16.7. The minimum atomic E-state index is -4.44. The Bertz CT molecular complexity index is 658. The van der Waals surface area contributed by atoms with Crippen molar-refractivity contribution < 1.29 is 26.5 Å². The average Bonchev–Trinajstić information content (AvgIpc) is 2.46. The van der Waals surface area contributed by atoms with Crippen LogP contribution in [0.4, 0.5) is 18.9 Å². The fourth-order valence-corrected chi connectivity index (χ4v) is 3.84. The van der Waals surface area contributed by atoms with Gasteiger partial charge in [-0.05, 0) is 25.0 Å². The molecule has 0 saturated carbocycles. The monoisotopic (exact) mass is 338 g/mol. The van der Waals surface area contributed by atoms with Crippen molar-refractivity contribution >= 4 is 15.7 Å². The topological polar surface area (TPSA) is 80.5 Å². The number of nitrogens with zero attached hydrogens (tertiary/aromatic N) is 2. The number of nitro groups is 1. The smallest absolute Gasteiger partial charge is 0.258 e. The zero-order valence-electron chi connectivity index (χ0n) is 11.3. The van der Waals surface area contributed by atoms with Crippen molar-refractivity contribution in [1.82, 2.24) is 4.31 Å². The van der Waals surface area contributed by atoms with Crippen LogP contribution < -0.4 is 0 Å². The van der Waals surface area contributed by atoms with E-state index in [1.54, 1.807) is 0 Å². The number of benzene rings is 1. The number of piperidine rings is 1. The van der Waals surface area contributed by atoms with Crippen LogP contribution >= 0.6 is 0 Å². The van der Waals surface area contributed by atoms with Gasteiger partial charge in [-0.2, -0.15) is 17.5 Å². The van der Waals surface area contributed by atoms with Crippen LogP contribution in [-0.4, -0.2) is 36.9 Å². The minimum absolute atomic E-state index is 0.00585. The lowest BCUT2D eigenvalue weighted by molar-refractivity contribution is -0.384. The van der Waals surface area contributed by atoms with E-state index in [9.17, 15) is 31.7 Å². The van der Waals surface area contributed by atoms with Gasteiger partial charge in [-0.1, -0.05) is 0 Å². The number of rotatable bonds is 3. The van der Waals surface area contributed by atoms with Crippen molar-refractivity contribution in [2.24, 2.45) is 5.92 Å². The Morgan fingerprint density at radius 2 is 1.82 bits per heavy atom. The predicted molar refractivity (Wildman–Crippen MR) is 70.6 cm³/mol. The average molecular weight is 338 g/mol.